The number of carbonyl (C=O) groups excluding carboxylic acids is 1. The van der Waals surface area contributed by atoms with Crippen LogP contribution in [-0.4, -0.2) is 52.1 Å². The van der Waals surface area contributed by atoms with Gasteiger partial charge in [-0.2, -0.15) is 0 Å². The molecule has 1 fully saturated rings. The molecule has 0 spiro atoms. The molecule has 21 heavy (non-hydrogen) atoms. The number of hydrogen-bond acceptors (Lipinski definition) is 4. The summed E-state index contributed by atoms with van der Waals surface area (Å²) >= 11 is 0. The molecule has 2 aromatic rings. The zero-order valence-electron chi connectivity index (χ0n) is 12.0. The standard InChI is InChI=1S/C15H18N4O2/c1-21-14-6-9-18(10-7-14)15(20)12-2-4-13(5-3-12)19-11-8-16-17-19/h2-5,8,11,14H,6-7,9-10H2,1H3. The number of ether oxygens (including phenoxy) is 1. The average Bonchev–Trinajstić information content (AvgIpc) is 3.09. The second kappa shape index (κ2) is 6.05. The highest BCUT2D eigenvalue weighted by molar-refractivity contribution is 5.94. The van der Waals surface area contributed by atoms with Gasteiger partial charge in [0.05, 0.1) is 24.2 Å². The molecule has 1 aliphatic heterocycles. The number of hydrogen-bond donors (Lipinski definition) is 0. The van der Waals surface area contributed by atoms with Gasteiger partial charge in [-0.25, -0.2) is 4.68 Å². The first-order valence-corrected chi connectivity index (χ1v) is 7.07. The number of aromatic nitrogens is 3. The summed E-state index contributed by atoms with van der Waals surface area (Å²) in [5, 5.41) is 7.70. The van der Waals surface area contributed by atoms with Crippen LogP contribution in [0.1, 0.15) is 23.2 Å². The minimum absolute atomic E-state index is 0.0784. The van der Waals surface area contributed by atoms with Gasteiger partial charge in [0.25, 0.3) is 5.91 Å². The summed E-state index contributed by atoms with van der Waals surface area (Å²) < 4.78 is 6.99. The van der Waals surface area contributed by atoms with Gasteiger partial charge < -0.3 is 9.64 Å². The lowest BCUT2D eigenvalue weighted by molar-refractivity contribution is 0.0351. The lowest BCUT2D eigenvalue weighted by Gasteiger charge is -2.31. The second-order valence-electron chi connectivity index (χ2n) is 5.12. The normalized spacial score (nSPS) is 16.1. The zero-order chi connectivity index (χ0) is 14.7. The molecule has 0 radical (unpaired) electrons. The van der Waals surface area contributed by atoms with Crippen LogP contribution in [0.3, 0.4) is 0 Å². The van der Waals surface area contributed by atoms with E-state index < -0.39 is 0 Å². The summed E-state index contributed by atoms with van der Waals surface area (Å²) in [6, 6.07) is 7.43. The van der Waals surface area contributed by atoms with E-state index in [-0.39, 0.29) is 12.0 Å². The molecule has 1 amide bonds. The fraction of sp³-hybridized carbons (Fsp3) is 0.400. The van der Waals surface area contributed by atoms with Crippen LogP contribution < -0.4 is 0 Å². The van der Waals surface area contributed by atoms with Gasteiger partial charge in [-0.05, 0) is 37.1 Å². The van der Waals surface area contributed by atoms with Crippen molar-refractivity contribution in [1.82, 2.24) is 19.9 Å². The minimum Gasteiger partial charge on any atom is -0.381 e. The molecule has 6 nitrogen and oxygen atoms in total. The smallest absolute Gasteiger partial charge is 0.253 e. The van der Waals surface area contributed by atoms with Crippen LogP contribution in [0.4, 0.5) is 0 Å². The third kappa shape index (κ3) is 2.95. The lowest BCUT2D eigenvalue weighted by Crippen LogP contribution is -2.40. The molecule has 110 valence electrons. The quantitative estimate of drug-likeness (QED) is 0.858. The fourth-order valence-electron chi connectivity index (χ4n) is 2.58. The van der Waals surface area contributed by atoms with E-state index in [1.54, 1.807) is 24.2 Å². The van der Waals surface area contributed by atoms with E-state index in [2.05, 4.69) is 10.3 Å². The summed E-state index contributed by atoms with van der Waals surface area (Å²) in [4.78, 5) is 14.3. The maximum absolute atomic E-state index is 12.4. The van der Waals surface area contributed by atoms with Crippen molar-refractivity contribution in [3.05, 3.63) is 42.2 Å². The Bertz CT molecular complexity index is 587. The number of piperidine rings is 1. The molecule has 0 bridgehead atoms. The van der Waals surface area contributed by atoms with Crippen molar-refractivity contribution >= 4 is 5.91 Å². The molecule has 6 heteroatoms. The molecule has 0 unspecified atom stereocenters. The number of likely N-dealkylation sites (tertiary alicyclic amines) is 1. The van der Waals surface area contributed by atoms with E-state index in [9.17, 15) is 4.79 Å². The SMILES string of the molecule is COC1CCN(C(=O)c2ccc(-n3ccnn3)cc2)CC1. The Labute approximate surface area is 123 Å². The minimum atomic E-state index is 0.0784. The van der Waals surface area contributed by atoms with Gasteiger partial charge in [-0.1, -0.05) is 5.21 Å². The van der Waals surface area contributed by atoms with Gasteiger partial charge in [0, 0.05) is 25.8 Å². The molecular weight excluding hydrogens is 268 g/mol. The molecule has 1 saturated heterocycles. The van der Waals surface area contributed by atoms with Crippen molar-refractivity contribution in [3.63, 3.8) is 0 Å². The Kier molecular flexibility index (Phi) is 3.96. The molecule has 1 aromatic heterocycles. The first kappa shape index (κ1) is 13.8. The Morgan fingerprint density at radius 2 is 1.95 bits per heavy atom. The predicted octanol–water partition coefficient (Wildman–Crippen LogP) is 1.52. The van der Waals surface area contributed by atoms with E-state index in [1.165, 1.54) is 0 Å². The van der Waals surface area contributed by atoms with Crippen LogP contribution >= 0.6 is 0 Å². The molecular formula is C15H18N4O2. The molecule has 0 aliphatic carbocycles. The topological polar surface area (TPSA) is 60.2 Å². The Morgan fingerprint density at radius 3 is 2.52 bits per heavy atom. The molecule has 0 saturated carbocycles. The predicted molar refractivity (Wildman–Crippen MR) is 77.3 cm³/mol. The Balaban J connectivity index is 1.68. The molecule has 1 aliphatic rings. The van der Waals surface area contributed by atoms with Crippen LogP contribution in [0.25, 0.3) is 5.69 Å². The monoisotopic (exact) mass is 286 g/mol. The van der Waals surface area contributed by atoms with Crippen LogP contribution in [0.2, 0.25) is 0 Å². The maximum atomic E-state index is 12.4. The van der Waals surface area contributed by atoms with Crippen LogP contribution in [0.15, 0.2) is 36.7 Å². The van der Waals surface area contributed by atoms with Gasteiger partial charge in [-0.15, -0.1) is 5.10 Å². The van der Waals surface area contributed by atoms with Crippen molar-refractivity contribution in [2.75, 3.05) is 20.2 Å². The summed E-state index contributed by atoms with van der Waals surface area (Å²) in [7, 11) is 1.73. The van der Waals surface area contributed by atoms with Crippen LogP contribution in [-0.2, 0) is 4.74 Å². The van der Waals surface area contributed by atoms with E-state index in [0.717, 1.165) is 31.6 Å². The van der Waals surface area contributed by atoms with E-state index in [4.69, 9.17) is 4.74 Å². The summed E-state index contributed by atoms with van der Waals surface area (Å²) in [5.41, 5.74) is 1.59. The first-order valence-electron chi connectivity index (χ1n) is 7.07. The molecule has 0 N–H and O–H groups in total. The van der Waals surface area contributed by atoms with Crippen LogP contribution in [0, 0.1) is 0 Å². The number of benzene rings is 1. The van der Waals surface area contributed by atoms with E-state index in [0.29, 0.717) is 5.56 Å². The van der Waals surface area contributed by atoms with Crippen molar-refractivity contribution in [2.45, 2.75) is 18.9 Å². The highest BCUT2D eigenvalue weighted by Crippen LogP contribution is 2.16. The van der Waals surface area contributed by atoms with Crippen molar-refractivity contribution in [1.29, 1.82) is 0 Å². The average molecular weight is 286 g/mol. The largest absolute Gasteiger partial charge is 0.381 e. The Hall–Kier alpha value is -2.21. The number of nitrogens with zero attached hydrogens (tertiary/aromatic N) is 4. The second-order valence-corrected chi connectivity index (χ2v) is 5.12. The molecule has 0 atom stereocenters. The third-order valence-electron chi connectivity index (χ3n) is 3.86. The van der Waals surface area contributed by atoms with Gasteiger partial charge in [0.2, 0.25) is 0 Å². The number of rotatable bonds is 3. The van der Waals surface area contributed by atoms with Gasteiger partial charge in [0.15, 0.2) is 0 Å². The van der Waals surface area contributed by atoms with Crippen LogP contribution in [0.5, 0.6) is 0 Å². The summed E-state index contributed by atoms with van der Waals surface area (Å²) in [6.45, 7) is 1.50. The van der Waals surface area contributed by atoms with Gasteiger partial charge >= 0.3 is 0 Å². The highest BCUT2D eigenvalue weighted by atomic mass is 16.5. The zero-order valence-corrected chi connectivity index (χ0v) is 12.0. The highest BCUT2D eigenvalue weighted by Gasteiger charge is 2.23. The third-order valence-corrected chi connectivity index (χ3v) is 3.86. The van der Waals surface area contributed by atoms with Crippen molar-refractivity contribution in [2.24, 2.45) is 0 Å². The van der Waals surface area contributed by atoms with Crippen molar-refractivity contribution < 1.29 is 9.53 Å². The van der Waals surface area contributed by atoms with E-state index in [1.807, 2.05) is 29.2 Å². The van der Waals surface area contributed by atoms with E-state index >= 15 is 0 Å². The van der Waals surface area contributed by atoms with Crippen molar-refractivity contribution in [3.8, 4) is 5.69 Å². The number of amides is 1. The number of carbonyl (C=O) groups is 1. The molecule has 1 aromatic carbocycles. The lowest BCUT2D eigenvalue weighted by atomic mass is 10.1. The maximum Gasteiger partial charge on any atom is 0.253 e. The number of methoxy groups -OCH3 is 1. The van der Waals surface area contributed by atoms with Gasteiger partial charge in [-0.3, -0.25) is 4.79 Å². The molecule has 2 heterocycles. The summed E-state index contributed by atoms with van der Waals surface area (Å²) in [5.74, 6) is 0.0784. The summed E-state index contributed by atoms with van der Waals surface area (Å²) in [6.07, 6.45) is 5.48. The van der Waals surface area contributed by atoms with Gasteiger partial charge in [0.1, 0.15) is 0 Å². The fourth-order valence-corrected chi connectivity index (χ4v) is 2.58. The first-order chi connectivity index (χ1) is 10.3. The Morgan fingerprint density at radius 1 is 1.24 bits per heavy atom. The molecule has 3 rings (SSSR count).